The van der Waals surface area contributed by atoms with Gasteiger partial charge in [-0.1, -0.05) is 0 Å². The minimum Gasteiger partial charge on any atom is -0.474 e. The lowest BCUT2D eigenvalue weighted by Gasteiger charge is -2.35. The first kappa shape index (κ1) is 32.4. The molecule has 0 saturated heterocycles. The molecule has 14 heteroatoms. The molecule has 5 rings (SSSR count). The summed E-state index contributed by atoms with van der Waals surface area (Å²) in [5.41, 5.74) is 4.32. The van der Waals surface area contributed by atoms with Gasteiger partial charge in [-0.05, 0) is 63.9 Å². The van der Waals surface area contributed by atoms with E-state index in [-0.39, 0.29) is 17.3 Å². The van der Waals surface area contributed by atoms with Crippen LogP contribution < -0.4 is 19.9 Å². The van der Waals surface area contributed by atoms with Crippen molar-refractivity contribution in [3.63, 3.8) is 0 Å². The third-order valence-electron chi connectivity index (χ3n) is 7.37. The molecule has 2 aromatic heterocycles. The van der Waals surface area contributed by atoms with Crippen LogP contribution in [0.4, 0.5) is 27.8 Å². The topological polar surface area (TPSA) is 145 Å². The van der Waals surface area contributed by atoms with Gasteiger partial charge in [-0.3, -0.25) is 4.90 Å². The van der Waals surface area contributed by atoms with Crippen molar-refractivity contribution in [2.24, 2.45) is 0 Å². The number of hydrogen-bond donors (Lipinski definition) is 1. The van der Waals surface area contributed by atoms with E-state index >= 15 is 0 Å². The summed E-state index contributed by atoms with van der Waals surface area (Å²) in [6.45, 7) is 10.3. The first-order chi connectivity index (χ1) is 21.4. The number of methoxy groups -OCH3 is 1. The van der Waals surface area contributed by atoms with E-state index in [1.165, 1.54) is 0 Å². The molecule has 0 radical (unpaired) electrons. The third kappa shape index (κ3) is 7.81. The van der Waals surface area contributed by atoms with Crippen LogP contribution in [0.1, 0.15) is 37.6 Å². The first-order valence-electron chi connectivity index (χ1n) is 14.8. The van der Waals surface area contributed by atoms with Crippen LogP contribution >= 0.6 is 0 Å². The van der Waals surface area contributed by atoms with E-state index < -0.39 is 21.5 Å². The standard InChI is InChI=1S/C31H40N6O7S/c1-21-26(19-32-28-27(21)37(12-13-43-28)30(38)44-31(2,3)4)36-11-10-22-18-33-29(35-25(22)20-36)34-23-6-8-24(9-7-23)45(39,40)17-16-42-15-14-41-5/h6-9,18-19H,10-17,20H2,1-5H3,(H,33,34,35). The van der Waals surface area contributed by atoms with Gasteiger partial charge in [0.05, 0.1) is 61.1 Å². The van der Waals surface area contributed by atoms with Gasteiger partial charge in [0.15, 0.2) is 9.84 Å². The predicted octanol–water partition coefficient (Wildman–Crippen LogP) is 4.06. The van der Waals surface area contributed by atoms with E-state index in [0.717, 1.165) is 35.5 Å². The molecule has 2 aliphatic heterocycles. The van der Waals surface area contributed by atoms with Crippen molar-refractivity contribution in [3.05, 3.63) is 53.5 Å². The van der Waals surface area contributed by atoms with E-state index in [0.29, 0.717) is 56.1 Å². The zero-order valence-corrected chi connectivity index (χ0v) is 27.1. The summed E-state index contributed by atoms with van der Waals surface area (Å²) < 4.78 is 47.0. The largest absolute Gasteiger partial charge is 0.474 e. The number of amides is 1. The second-order valence-corrected chi connectivity index (χ2v) is 13.9. The predicted molar refractivity (Wildman–Crippen MR) is 169 cm³/mol. The van der Waals surface area contributed by atoms with Crippen LogP contribution in [-0.2, 0) is 37.0 Å². The van der Waals surface area contributed by atoms with E-state index in [1.807, 2.05) is 33.9 Å². The Kier molecular flexibility index (Phi) is 9.75. The number of pyridine rings is 1. The fraction of sp³-hybridized carbons (Fsp3) is 0.484. The maximum Gasteiger partial charge on any atom is 0.415 e. The van der Waals surface area contributed by atoms with Crippen LogP contribution in [0.25, 0.3) is 0 Å². The van der Waals surface area contributed by atoms with E-state index in [1.54, 1.807) is 42.5 Å². The minimum atomic E-state index is -3.48. The monoisotopic (exact) mass is 640 g/mol. The van der Waals surface area contributed by atoms with Gasteiger partial charge in [-0.25, -0.2) is 28.2 Å². The normalized spacial score (nSPS) is 14.8. The SMILES string of the molecule is COCCOCCS(=O)(=O)c1ccc(Nc2ncc3c(n2)CN(c2cnc4c(c2C)N(C(=O)OC(C)(C)C)CCO4)CC3)cc1. The fourth-order valence-corrected chi connectivity index (χ4v) is 6.24. The highest BCUT2D eigenvalue weighted by molar-refractivity contribution is 7.91. The van der Waals surface area contributed by atoms with Gasteiger partial charge in [-0.15, -0.1) is 0 Å². The second-order valence-electron chi connectivity index (χ2n) is 11.8. The Labute approximate surface area is 263 Å². The molecule has 0 atom stereocenters. The lowest BCUT2D eigenvalue weighted by molar-refractivity contribution is 0.0566. The van der Waals surface area contributed by atoms with Crippen LogP contribution in [0, 0.1) is 6.92 Å². The molecule has 0 bridgehead atoms. The number of anilines is 4. The molecule has 13 nitrogen and oxygen atoms in total. The molecule has 0 saturated carbocycles. The number of carbonyl (C=O) groups excluding carboxylic acids is 1. The first-order valence-corrected chi connectivity index (χ1v) is 16.5. The summed E-state index contributed by atoms with van der Waals surface area (Å²) in [4.78, 5) is 30.9. The zero-order valence-electron chi connectivity index (χ0n) is 26.3. The third-order valence-corrected chi connectivity index (χ3v) is 9.06. The molecular formula is C31H40N6O7S. The van der Waals surface area contributed by atoms with Gasteiger partial charge in [-0.2, -0.15) is 0 Å². The van der Waals surface area contributed by atoms with Crippen LogP contribution in [0.2, 0.25) is 0 Å². The molecule has 1 N–H and O–H groups in total. The Morgan fingerprint density at radius 2 is 1.84 bits per heavy atom. The Hall–Kier alpha value is -4.01. The van der Waals surface area contributed by atoms with E-state index in [4.69, 9.17) is 23.9 Å². The summed E-state index contributed by atoms with van der Waals surface area (Å²) in [6.07, 6.45) is 3.90. The van der Waals surface area contributed by atoms with Gasteiger partial charge in [0, 0.05) is 31.1 Å². The molecule has 0 spiro atoms. The van der Waals surface area contributed by atoms with Crippen molar-refractivity contribution in [1.29, 1.82) is 0 Å². The van der Waals surface area contributed by atoms with Crippen LogP contribution in [0.3, 0.4) is 0 Å². The fourth-order valence-electron chi connectivity index (χ4n) is 5.12. The number of carbonyl (C=O) groups is 1. The van der Waals surface area contributed by atoms with E-state index in [2.05, 4.69) is 20.2 Å². The number of nitrogens with one attached hydrogen (secondary N) is 1. The maximum absolute atomic E-state index is 13.1. The van der Waals surface area contributed by atoms with Crippen LogP contribution in [0.5, 0.6) is 5.88 Å². The van der Waals surface area contributed by atoms with Gasteiger partial charge < -0.3 is 29.2 Å². The van der Waals surface area contributed by atoms with Gasteiger partial charge in [0.25, 0.3) is 0 Å². The van der Waals surface area contributed by atoms with Crippen molar-refractivity contribution in [1.82, 2.24) is 15.0 Å². The van der Waals surface area contributed by atoms with E-state index in [9.17, 15) is 13.2 Å². The average Bonchev–Trinajstić information content (AvgIpc) is 3.00. The summed E-state index contributed by atoms with van der Waals surface area (Å²) in [5.74, 6) is 0.704. The summed E-state index contributed by atoms with van der Waals surface area (Å²) >= 11 is 0. The number of benzene rings is 1. The molecule has 1 aromatic carbocycles. The Morgan fingerprint density at radius 1 is 1.07 bits per heavy atom. The minimum absolute atomic E-state index is 0.0997. The smallest absolute Gasteiger partial charge is 0.415 e. The second kappa shape index (κ2) is 13.5. The summed E-state index contributed by atoms with van der Waals surface area (Å²) in [5, 5.41) is 3.18. The number of hydrogen-bond acceptors (Lipinski definition) is 12. The number of aromatic nitrogens is 3. The molecule has 0 aliphatic carbocycles. The molecule has 242 valence electrons. The Bertz CT molecular complexity index is 1630. The Balaban J connectivity index is 1.28. The van der Waals surface area contributed by atoms with Crippen molar-refractivity contribution >= 4 is 38.9 Å². The molecule has 4 heterocycles. The Morgan fingerprint density at radius 3 is 2.58 bits per heavy atom. The molecular weight excluding hydrogens is 600 g/mol. The highest BCUT2D eigenvalue weighted by Crippen LogP contribution is 2.39. The van der Waals surface area contributed by atoms with Crippen molar-refractivity contribution in [2.75, 3.05) is 67.5 Å². The van der Waals surface area contributed by atoms with Crippen LogP contribution in [-0.4, -0.2) is 87.4 Å². The van der Waals surface area contributed by atoms with Gasteiger partial charge in [0.1, 0.15) is 17.9 Å². The lowest BCUT2D eigenvalue weighted by atomic mass is 10.0. The van der Waals surface area contributed by atoms with Crippen molar-refractivity contribution in [2.45, 2.75) is 51.2 Å². The zero-order chi connectivity index (χ0) is 32.2. The van der Waals surface area contributed by atoms with Crippen LogP contribution in [0.15, 0.2) is 41.6 Å². The van der Waals surface area contributed by atoms with Crippen molar-refractivity contribution in [3.8, 4) is 5.88 Å². The van der Waals surface area contributed by atoms with Crippen molar-refractivity contribution < 1.29 is 32.2 Å². The van der Waals surface area contributed by atoms with Gasteiger partial charge >= 0.3 is 6.09 Å². The quantitative estimate of drug-likeness (QED) is 0.319. The summed E-state index contributed by atoms with van der Waals surface area (Å²) in [7, 11) is -1.92. The molecule has 45 heavy (non-hydrogen) atoms. The summed E-state index contributed by atoms with van der Waals surface area (Å²) in [6, 6.07) is 6.50. The molecule has 1 amide bonds. The molecule has 3 aromatic rings. The number of fused-ring (bicyclic) bond motifs is 2. The highest BCUT2D eigenvalue weighted by Gasteiger charge is 2.33. The number of ether oxygens (including phenoxy) is 4. The highest BCUT2D eigenvalue weighted by atomic mass is 32.2. The lowest BCUT2D eigenvalue weighted by Crippen LogP contribution is -2.42. The van der Waals surface area contributed by atoms with Gasteiger partial charge in [0.2, 0.25) is 11.8 Å². The molecule has 0 unspecified atom stereocenters. The maximum atomic E-state index is 13.1. The average molecular weight is 641 g/mol. The molecule has 0 fully saturated rings. The molecule has 2 aliphatic rings. The number of nitrogens with zero attached hydrogens (tertiary/aromatic N) is 5. The number of rotatable bonds is 10. The number of sulfone groups is 1.